The van der Waals surface area contributed by atoms with Crippen molar-refractivity contribution in [2.24, 2.45) is 4.99 Å². The number of halogens is 1. The largest absolute Gasteiger partial charge is 0.427 e. The van der Waals surface area contributed by atoms with Gasteiger partial charge in [0.1, 0.15) is 0 Å². The van der Waals surface area contributed by atoms with E-state index < -0.39 is 20.9 Å². The van der Waals surface area contributed by atoms with Crippen molar-refractivity contribution in [3.8, 4) is 5.75 Å². The number of sulfone groups is 1. The van der Waals surface area contributed by atoms with Crippen molar-refractivity contribution in [3.63, 3.8) is 0 Å². The molecule has 1 aromatic carbocycles. The average Bonchev–Trinajstić information content (AvgIpc) is 2.48. The van der Waals surface area contributed by atoms with Crippen LogP contribution in [0.25, 0.3) is 0 Å². The maximum Gasteiger partial charge on any atom is 0.320 e. The van der Waals surface area contributed by atoms with E-state index in [0.29, 0.717) is 0 Å². The number of allylic oxidation sites excluding steroid dienone is 1. The summed E-state index contributed by atoms with van der Waals surface area (Å²) in [4.78, 5) is 3.67. The fraction of sp³-hybridized carbons (Fsp3) is 0.100. The summed E-state index contributed by atoms with van der Waals surface area (Å²) in [5, 5.41) is -0.491. The zero-order chi connectivity index (χ0) is 11.8. The van der Waals surface area contributed by atoms with Gasteiger partial charge >= 0.3 is 5.23 Å². The van der Waals surface area contributed by atoms with E-state index in [2.05, 4.69) is 4.99 Å². The van der Waals surface area contributed by atoms with Crippen molar-refractivity contribution in [1.82, 2.24) is 0 Å². The van der Waals surface area contributed by atoms with Crippen LogP contribution in [-0.2, 0) is 9.84 Å². The van der Waals surface area contributed by atoms with E-state index in [1.807, 2.05) is 0 Å². The highest BCUT2D eigenvalue weighted by molar-refractivity contribution is 8.09. The summed E-state index contributed by atoms with van der Waals surface area (Å²) >= 11 is 0. The molecule has 1 aliphatic heterocycles. The number of benzene rings is 1. The highest BCUT2D eigenvalue weighted by Crippen LogP contribution is 2.22. The van der Waals surface area contributed by atoms with Crippen LogP contribution in [0.4, 0.5) is 4.39 Å². The first-order chi connectivity index (χ1) is 7.51. The highest BCUT2D eigenvalue weighted by Gasteiger charge is 2.29. The first-order valence-corrected chi connectivity index (χ1v) is 5.92. The van der Waals surface area contributed by atoms with Crippen molar-refractivity contribution in [2.45, 2.75) is 6.92 Å². The molecule has 2 rings (SSSR count). The lowest BCUT2D eigenvalue weighted by Gasteiger charge is -2.05. The summed E-state index contributed by atoms with van der Waals surface area (Å²) in [6.45, 7) is 1.40. The van der Waals surface area contributed by atoms with Gasteiger partial charge < -0.3 is 4.74 Å². The maximum atomic E-state index is 13.2. The van der Waals surface area contributed by atoms with Crippen LogP contribution in [0.2, 0.25) is 0 Å². The van der Waals surface area contributed by atoms with Crippen LogP contribution < -0.4 is 4.74 Å². The van der Waals surface area contributed by atoms with Gasteiger partial charge in [-0.05, 0) is 19.1 Å². The maximum absolute atomic E-state index is 13.2. The van der Waals surface area contributed by atoms with E-state index in [9.17, 15) is 12.8 Å². The van der Waals surface area contributed by atoms with Gasteiger partial charge in [-0.25, -0.2) is 17.8 Å². The summed E-state index contributed by atoms with van der Waals surface area (Å²) in [5.74, 6) is -0.794. The van der Waals surface area contributed by atoms with Gasteiger partial charge in [0.15, 0.2) is 11.6 Å². The number of para-hydroxylation sites is 1. The van der Waals surface area contributed by atoms with E-state index in [0.717, 1.165) is 0 Å². The first kappa shape index (κ1) is 10.8. The smallest absolute Gasteiger partial charge is 0.320 e. The van der Waals surface area contributed by atoms with Crippen molar-refractivity contribution >= 4 is 15.1 Å². The minimum absolute atomic E-state index is 0.0823. The molecule has 0 fully saturated rings. The molecule has 84 valence electrons. The Morgan fingerprint density at radius 3 is 2.56 bits per heavy atom. The molecule has 6 heteroatoms. The molecular formula is C10H8FNO3S. The Kier molecular flexibility index (Phi) is 2.51. The van der Waals surface area contributed by atoms with Crippen LogP contribution in [-0.4, -0.2) is 13.6 Å². The minimum Gasteiger partial charge on any atom is -0.427 e. The molecule has 0 unspecified atom stereocenters. The Morgan fingerprint density at radius 1 is 1.31 bits per heavy atom. The summed E-state index contributed by atoms with van der Waals surface area (Å²) in [5.41, 5.74) is 0. The highest BCUT2D eigenvalue weighted by atomic mass is 32.2. The second kappa shape index (κ2) is 3.71. The van der Waals surface area contributed by atoms with Crippen LogP contribution in [0.5, 0.6) is 5.75 Å². The van der Waals surface area contributed by atoms with Crippen LogP contribution >= 0.6 is 0 Å². The van der Waals surface area contributed by atoms with E-state index in [4.69, 9.17) is 4.74 Å². The Bertz CT molecular complexity index is 590. The third-order valence-electron chi connectivity index (χ3n) is 2.04. The number of ether oxygens (including phenoxy) is 1. The summed E-state index contributed by atoms with van der Waals surface area (Å²) in [7, 11) is -3.66. The van der Waals surface area contributed by atoms with Gasteiger partial charge in [0.05, 0.1) is 4.91 Å². The van der Waals surface area contributed by atoms with Gasteiger partial charge in [0.25, 0.3) is 9.84 Å². The Labute approximate surface area is 92.0 Å². The molecule has 0 saturated heterocycles. The number of aliphatic imine (C=N–C) groups is 1. The molecular weight excluding hydrogens is 233 g/mol. The van der Waals surface area contributed by atoms with Gasteiger partial charge in [0, 0.05) is 6.20 Å². The van der Waals surface area contributed by atoms with E-state index in [-0.39, 0.29) is 10.7 Å². The summed E-state index contributed by atoms with van der Waals surface area (Å²) in [6, 6.07) is 5.54. The molecule has 0 atom stereocenters. The fourth-order valence-electron chi connectivity index (χ4n) is 1.12. The van der Waals surface area contributed by atoms with E-state index in [1.54, 1.807) is 6.07 Å². The Hall–Kier alpha value is -1.69. The van der Waals surface area contributed by atoms with Crippen LogP contribution in [0.15, 0.2) is 40.4 Å². The Morgan fingerprint density at radius 2 is 2.00 bits per heavy atom. The predicted molar refractivity (Wildman–Crippen MR) is 57.1 cm³/mol. The fourth-order valence-corrected chi connectivity index (χ4v) is 1.98. The zero-order valence-electron chi connectivity index (χ0n) is 8.34. The molecule has 1 aromatic rings. The standard InChI is InChI=1S/C10H8FNO3S/c1-7-6-12-10(16(7,13)14)15-9-5-3-2-4-8(9)11/h2-6H,1H3. The number of rotatable bonds is 1. The normalized spacial score (nSPS) is 17.9. The molecule has 0 aliphatic carbocycles. The SMILES string of the molecule is CC1=CN=C(Oc2ccccc2F)S1(=O)=O. The van der Waals surface area contributed by atoms with Gasteiger partial charge in [-0.3, -0.25) is 0 Å². The minimum atomic E-state index is -3.66. The van der Waals surface area contributed by atoms with Crippen molar-refractivity contribution < 1.29 is 17.5 Å². The molecule has 0 aromatic heterocycles. The molecule has 16 heavy (non-hydrogen) atoms. The molecule has 0 radical (unpaired) electrons. The monoisotopic (exact) mass is 241 g/mol. The van der Waals surface area contributed by atoms with Crippen molar-refractivity contribution in [3.05, 3.63) is 41.2 Å². The molecule has 0 saturated carbocycles. The quantitative estimate of drug-likeness (QED) is 0.754. The van der Waals surface area contributed by atoms with Crippen LogP contribution in [0.3, 0.4) is 0 Å². The molecule has 0 N–H and O–H groups in total. The second-order valence-electron chi connectivity index (χ2n) is 3.17. The van der Waals surface area contributed by atoms with E-state index >= 15 is 0 Å². The lowest BCUT2D eigenvalue weighted by Crippen LogP contribution is -2.18. The number of hydrogen-bond donors (Lipinski definition) is 0. The van der Waals surface area contributed by atoms with Gasteiger partial charge in [-0.1, -0.05) is 12.1 Å². The molecule has 0 spiro atoms. The predicted octanol–water partition coefficient (Wildman–Crippen LogP) is 1.85. The molecule has 1 heterocycles. The van der Waals surface area contributed by atoms with Crippen LogP contribution in [0, 0.1) is 5.82 Å². The van der Waals surface area contributed by atoms with Crippen LogP contribution in [0.1, 0.15) is 6.92 Å². The molecule has 0 bridgehead atoms. The number of nitrogens with zero attached hydrogens (tertiary/aromatic N) is 1. The zero-order valence-corrected chi connectivity index (χ0v) is 9.16. The van der Waals surface area contributed by atoms with Gasteiger partial charge in [0.2, 0.25) is 0 Å². The summed E-state index contributed by atoms with van der Waals surface area (Å²) in [6.07, 6.45) is 1.17. The third kappa shape index (κ3) is 1.71. The lowest BCUT2D eigenvalue weighted by molar-refractivity contribution is 0.495. The lowest BCUT2D eigenvalue weighted by atomic mass is 10.3. The first-order valence-electron chi connectivity index (χ1n) is 4.44. The van der Waals surface area contributed by atoms with E-state index in [1.165, 1.54) is 31.3 Å². The summed E-state index contributed by atoms with van der Waals surface area (Å²) < 4.78 is 41.3. The molecule has 4 nitrogen and oxygen atoms in total. The third-order valence-corrected chi connectivity index (χ3v) is 3.64. The second-order valence-corrected chi connectivity index (χ2v) is 5.17. The van der Waals surface area contributed by atoms with Gasteiger partial charge in [-0.2, -0.15) is 0 Å². The van der Waals surface area contributed by atoms with Crippen molar-refractivity contribution in [2.75, 3.05) is 0 Å². The Balaban J connectivity index is 2.30. The molecule has 1 aliphatic rings. The van der Waals surface area contributed by atoms with Gasteiger partial charge in [-0.15, -0.1) is 0 Å². The average molecular weight is 241 g/mol. The van der Waals surface area contributed by atoms with Crippen molar-refractivity contribution in [1.29, 1.82) is 0 Å². The number of hydrogen-bond acceptors (Lipinski definition) is 4. The molecule has 0 amide bonds. The topological polar surface area (TPSA) is 55.7 Å².